The van der Waals surface area contributed by atoms with Crippen molar-refractivity contribution in [2.24, 2.45) is 11.7 Å². The van der Waals surface area contributed by atoms with Gasteiger partial charge in [0, 0.05) is 25.4 Å². The molecule has 1 saturated heterocycles. The van der Waals surface area contributed by atoms with Crippen molar-refractivity contribution in [2.75, 3.05) is 13.1 Å². The van der Waals surface area contributed by atoms with Crippen molar-refractivity contribution in [3.63, 3.8) is 0 Å². The van der Waals surface area contributed by atoms with Crippen LogP contribution in [0.5, 0.6) is 0 Å². The molecule has 1 atom stereocenters. The van der Waals surface area contributed by atoms with Crippen LogP contribution in [-0.2, 0) is 15.8 Å². The lowest BCUT2D eigenvalue weighted by Crippen LogP contribution is -2.42. The molecule has 2 N–H and O–H groups in total. The first kappa shape index (κ1) is 18.3. The van der Waals surface area contributed by atoms with E-state index in [2.05, 4.69) is 0 Å². The minimum Gasteiger partial charge on any atom is -0.369 e. The maximum Gasteiger partial charge on any atom is 0.416 e. The molecular weight excluding hydrogens is 321 g/mol. The molecule has 132 valence electrons. The van der Waals surface area contributed by atoms with Crippen molar-refractivity contribution in [3.05, 3.63) is 35.4 Å². The lowest BCUT2D eigenvalue weighted by Gasteiger charge is -2.31. The Morgan fingerprint density at radius 2 is 1.92 bits per heavy atom. The van der Waals surface area contributed by atoms with Crippen LogP contribution in [0, 0.1) is 5.92 Å². The van der Waals surface area contributed by atoms with Gasteiger partial charge in [-0.2, -0.15) is 13.2 Å². The van der Waals surface area contributed by atoms with Crippen LogP contribution in [0.3, 0.4) is 0 Å². The number of hydrogen-bond acceptors (Lipinski definition) is 2. The highest BCUT2D eigenvalue weighted by atomic mass is 19.4. The van der Waals surface area contributed by atoms with Crippen molar-refractivity contribution in [1.82, 2.24) is 4.90 Å². The summed E-state index contributed by atoms with van der Waals surface area (Å²) in [5.41, 5.74) is 5.04. The maximum atomic E-state index is 12.8. The molecule has 0 aromatic heterocycles. The van der Waals surface area contributed by atoms with Crippen molar-refractivity contribution < 1.29 is 22.8 Å². The second kappa shape index (κ2) is 7.23. The van der Waals surface area contributed by atoms with E-state index >= 15 is 0 Å². The summed E-state index contributed by atoms with van der Waals surface area (Å²) < 4.78 is 38.3. The van der Waals surface area contributed by atoms with E-state index in [1.54, 1.807) is 17.9 Å². The fraction of sp³-hybridized carbons (Fsp3) is 0.529. The van der Waals surface area contributed by atoms with E-state index in [9.17, 15) is 22.8 Å². The van der Waals surface area contributed by atoms with E-state index in [1.807, 2.05) is 0 Å². The third-order valence-electron chi connectivity index (χ3n) is 4.51. The Balaban J connectivity index is 1.96. The van der Waals surface area contributed by atoms with Crippen LogP contribution >= 0.6 is 0 Å². The van der Waals surface area contributed by atoms with Gasteiger partial charge in [-0.3, -0.25) is 9.59 Å². The molecule has 0 aliphatic carbocycles. The Kier molecular flexibility index (Phi) is 5.51. The van der Waals surface area contributed by atoms with E-state index in [1.165, 1.54) is 6.07 Å². The molecule has 1 aromatic carbocycles. The summed E-state index contributed by atoms with van der Waals surface area (Å²) in [6.07, 6.45) is -3.17. The van der Waals surface area contributed by atoms with Crippen molar-refractivity contribution in [2.45, 2.75) is 38.3 Å². The van der Waals surface area contributed by atoms with Gasteiger partial charge in [-0.15, -0.1) is 0 Å². The molecule has 2 rings (SSSR count). The number of rotatable bonds is 4. The topological polar surface area (TPSA) is 63.4 Å². The Morgan fingerprint density at radius 3 is 2.46 bits per heavy atom. The number of halogens is 3. The van der Waals surface area contributed by atoms with Crippen LogP contribution < -0.4 is 5.73 Å². The third kappa shape index (κ3) is 4.49. The number of carbonyl (C=O) groups is 2. The average Bonchev–Trinajstić information content (AvgIpc) is 2.54. The van der Waals surface area contributed by atoms with Gasteiger partial charge in [0.05, 0.1) is 5.56 Å². The number of alkyl halides is 3. The number of nitrogens with two attached hydrogens (primary N) is 1. The molecule has 0 spiro atoms. The van der Waals surface area contributed by atoms with Gasteiger partial charge in [0.15, 0.2) is 0 Å². The molecule has 24 heavy (non-hydrogen) atoms. The summed E-state index contributed by atoms with van der Waals surface area (Å²) in [5, 5.41) is 0. The Bertz CT molecular complexity index is 608. The largest absolute Gasteiger partial charge is 0.416 e. The normalized spacial score (nSPS) is 17.6. The molecular formula is C17H21F3N2O2. The monoisotopic (exact) mass is 342 g/mol. The van der Waals surface area contributed by atoms with Crippen LogP contribution in [0.2, 0.25) is 0 Å². The lowest BCUT2D eigenvalue weighted by molar-refractivity contribution is -0.137. The van der Waals surface area contributed by atoms with Crippen molar-refractivity contribution in [3.8, 4) is 0 Å². The number of amides is 2. The Hall–Kier alpha value is -2.05. The fourth-order valence-electron chi connectivity index (χ4n) is 2.94. The zero-order chi connectivity index (χ0) is 17.9. The highest BCUT2D eigenvalue weighted by Crippen LogP contribution is 2.32. The van der Waals surface area contributed by atoms with Gasteiger partial charge < -0.3 is 10.6 Å². The Morgan fingerprint density at radius 1 is 1.29 bits per heavy atom. The first-order valence-corrected chi connectivity index (χ1v) is 7.92. The van der Waals surface area contributed by atoms with Gasteiger partial charge in [0.25, 0.3) is 0 Å². The van der Waals surface area contributed by atoms with Gasteiger partial charge in [0.1, 0.15) is 0 Å². The molecule has 0 saturated carbocycles. The molecule has 1 heterocycles. The maximum absolute atomic E-state index is 12.8. The van der Waals surface area contributed by atoms with E-state index in [-0.39, 0.29) is 30.1 Å². The van der Waals surface area contributed by atoms with Gasteiger partial charge >= 0.3 is 6.18 Å². The summed E-state index contributed by atoms with van der Waals surface area (Å²) in [6.45, 7) is 2.66. The van der Waals surface area contributed by atoms with Crippen LogP contribution in [0.15, 0.2) is 24.3 Å². The lowest BCUT2D eigenvalue weighted by atomic mass is 9.93. The molecule has 2 amide bonds. The van der Waals surface area contributed by atoms with E-state index < -0.39 is 11.7 Å². The molecule has 1 aliphatic rings. The fourth-order valence-corrected chi connectivity index (χ4v) is 2.94. The number of primary amides is 1. The highest BCUT2D eigenvalue weighted by Gasteiger charge is 2.31. The summed E-state index contributed by atoms with van der Waals surface area (Å²) in [5.74, 6) is -0.967. The highest BCUT2D eigenvalue weighted by molar-refractivity contribution is 5.79. The minimum absolute atomic E-state index is 0.108. The first-order valence-electron chi connectivity index (χ1n) is 7.92. The van der Waals surface area contributed by atoms with Gasteiger partial charge in [-0.05, 0) is 30.4 Å². The number of likely N-dealkylation sites (tertiary alicyclic amines) is 1. The van der Waals surface area contributed by atoms with Crippen LogP contribution in [0.4, 0.5) is 13.2 Å². The standard InChI is InChI=1S/C17H21F3N2O2/c1-11(13-3-2-4-14(10-13)17(18,19)20)9-15(23)22-7-5-12(6-8-22)16(21)24/h2-4,10-12H,5-9H2,1H3,(H2,21,24). The molecule has 4 nitrogen and oxygen atoms in total. The molecule has 0 radical (unpaired) electrons. The number of carbonyl (C=O) groups excluding carboxylic acids is 2. The smallest absolute Gasteiger partial charge is 0.369 e. The molecule has 1 aromatic rings. The quantitative estimate of drug-likeness (QED) is 0.914. The molecule has 1 fully saturated rings. The van der Waals surface area contributed by atoms with E-state index in [0.29, 0.717) is 31.5 Å². The van der Waals surface area contributed by atoms with Crippen LogP contribution in [0.1, 0.15) is 43.2 Å². The summed E-state index contributed by atoms with van der Waals surface area (Å²) in [6, 6.07) is 5.08. The zero-order valence-electron chi connectivity index (χ0n) is 13.5. The van der Waals surface area contributed by atoms with E-state index in [0.717, 1.165) is 12.1 Å². The summed E-state index contributed by atoms with van der Waals surface area (Å²) >= 11 is 0. The molecule has 0 bridgehead atoms. The van der Waals surface area contributed by atoms with Gasteiger partial charge in [0.2, 0.25) is 11.8 Å². The molecule has 7 heteroatoms. The SMILES string of the molecule is CC(CC(=O)N1CCC(C(N)=O)CC1)c1cccc(C(F)(F)F)c1. The van der Waals surface area contributed by atoms with Crippen molar-refractivity contribution in [1.29, 1.82) is 0 Å². The number of benzene rings is 1. The minimum atomic E-state index is -4.39. The predicted molar refractivity (Wildman–Crippen MR) is 83.0 cm³/mol. The second-order valence-electron chi connectivity index (χ2n) is 6.29. The predicted octanol–water partition coefficient (Wildman–Crippen LogP) is 2.92. The number of hydrogen-bond donors (Lipinski definition) is 1. The zero-order valence-corrected chi connectivity index (χ0v) is 13.5. The number of nitrogens with zero attached hydrogens (tertiary/aromatic N) is 1. The van der Waals surface area contributed by atoms with Gasteiger partial charge in [-0.1, -0.05) is 25.1 Å². The van der Waals surface area contributed by atoms with Crippen molar-refractivity contribution >= 4 is 11.8 Å². The molecule has 1 unspecified atom stereocenters. The molecule has 1 aliphatic heterocycles. The van der Waals surface area contributed by atoms with E-state index in [4.69, 9.17) is 5.73 Å². The average molecular weight is 342 g/mol. The summed E-state index contributed by atoms with van der Waals surface area (Å²) in [7, 11) is 0. The third-order valence-corrected chi connectivity index (χ3v) is 4.51. The first-order chi connectivity index (χ1) is 11.2. The second-order valence-corrected chi connectivity index (χ2v) is 6.29. The summed E-state index contributed by atoms with van der Waals surface area (Å²) in [4.78, 5) is 25.1. The Labute approximate surface area is 138 Å². The number of piperidine rings is 1. The van der Waals surface area contributed by atoms with Gasteiger partial charge in [-0.25, -0.2) is 0 Å². The van der Waals surface area contributed by atoms with Crippen LogP contribution in [0.25, 0.3) is 0 Å². The van der Waals surface area contributed by atoms with Crippen LogP contribution in [-0.4, -0.2) is 29.8 Å².